The summed E-state index contributed by atoms with van der Waals surface area (Å²) in [4.78, 5) is 25.8. The minimum absolute atomic E-state index is 0.0486. The number of ether oxygens (including phenoxy) is 3. The van der Waals surface area contributed by atoms with Crippen LogP contribution in [0.25, 0.3) is 0 Å². The first-order valence-corrected chi connectivity index (χ1v) is 9.26. The molecule has 6 nitrogen and oxygen atoms in total. The van der Waals surface area contributed by atoms with Crippen molar-refractivity contribution in [2.45, 2.75) is 39.5 Å². The van der Waals surface area contributed by atoms with Gasteiger partial charge in [0.1, 0.15) is 0 Å². The molecule has 1 unspecified atom stereocenters. The number of dihydropyridines is 1. The molecule has 0 aromatic heterocycles. The quantitative estimate of drug-likeness (QED) is 0.800. The summed E-state index contributed by atoms with van der Waals surface area (Å²) in [6.45, 7) is 6.00. The molecule has 0 spiro atoms. The first-order valence-electron chi connectivity index (χ1n) is 9.26. The Kier molecular flexibility index (Phi) is 5.24. The van der Waals surface area contributed by atoms with Crippen LogP contribution < -0.4 is 14.8 Å². The van der Waals surface area contributed by atoms with Crippen LogP contribution in [-0.2, 0) is 14.3 Å². The zero-order valence-electron chi connectivity index (χ0n) is 17.3. The maximum absolute atomic E-state index is 13.1. The van der Waals surface area contributed by atoms with E-state index in [1.54, 1.807) is 20.3 Å². The average molecular weight is 385 g/mol. The minimum atomic E-state index is -0.507. The van der Waals surface area contributed by atoms with Crippen LogP contribution in [0.15, 0.2) is 40.7 Å². The molecular formula is C22H27NO5. The molecule has 0 amide bonds. The molecule has 1 N–H and O–H groups in total. The fourth-order valence-corrected chi connectivity index (χ4v) is 4.18. The highest BCUT2D eigenvalue weighted by Gasteiger charge is 2.43. The smallest absolute Gasteiger partial charge is 0.336 e. The Labute approximate surface area is 165 Å². The summed E-state index contributed by atoms with van der Waals surface area (Å²) >= 11 is 0. The molecule has 0 radical (unpaired) electrons. The predicted octanol–water partition coefficient (Wildman–Crippen LogP) is 3.48. The maximum atomic E-state index is 13.1. The highest BCUT2D eigenvalue weighted by molar-refractivity contribution is 6.04. The van der Waals surface area contributed by atoms with Crippen molar-refractivity contribution in [2.24, 2.45) is 5.41 Å². The second-order valence-electron chi connectivity index (χ2n) is 8.04. The largest absolute Gasteiger partial charge is 0.493 e. The van der Waals surface area contributed by atoms with Crippen LogP contribution in [0.3, 0.4) is 0 Å². The van der Waals surface area contributed by atoms with Crippen molar-refractivity contribution in [2.75, 3.05) is 21.3 Å². The van der Waals surface area contributed by atoms with Gasteiger partial charge in [-0.15, -0.1) is 0 Å². The van der Waals surface area contributed by atoms with Crippen molar-refractivity contribution in [1.82, 2.24) is 5.32 Å². The summed E-state index contributed by atoms with van der Waals surface area (Å²) in [5, 5.41) is 3.30. The molecule has 3 rings (SSSR count). The second-order valence-corrected chi connectivity index (χ2v) is 8.04. The van der Waals surface area contributed by atoms with Gasteiger partial charge in [-0.25, -0.2) is 4.79 Å². The fraction of sp³-hybridized carbons (Fsp3) is 0.455. The summed E-state index contributed by atoms with van der Waals surface area (Å²) in [5.74, 6) is 0.227. The highest BCUT2D eigenvalue weighted by Crippen LogP contribution is 2.47. The molecule has 0 fully saturated rings. The van der Waals surface area contributed by atoms with Gasteiger partial charge in [-0.1, -0.05) is 19.9 Å². The van der Waals surface area contributed by atoms with Crippen LogP contribution in [0.4, 0.5) is 0 Å². The Morgan fingerprint density at radius 3 is 2.39 bits per heavy atom. The molecule has 1 aliphatic carbocycles. The average Bonchev–Trinajstić information content (AvgIpc) is 2.64. The number of carbonyl (C=O) groups is 2. The van der Waals surface area contributed by atoms with E-state index in [2.05, 4.69) is 19.2 Å². The van der Waals surface area contributed by atoms with Gasteiger partial charge in [0.15, 0.2) is 17.3 Å². The number of hydrogen-bond donors (Lipinski definition) is 1. The van der Waals surface area contributed by atoms with Gasteiger partial charge in [-0.05, 0) is 36.5 Å². The Morgan fingerprint density at radius 1 is 1.11 bits per heavy atom. The lowest BCUT2D eigenvalue weighted by Gasteiger charge is -2.39. The van der Waals surface area contributed by atoms with Crippen molar-refractivity contribution in [1.29, 1.82) is 0 Å². The van der Waals surface area contributed by atoms with E-state index >= 15 is 0 Å². The van der Waals surface area contributed by atoms with Crippen LogP contribution in [0.2, 0.25) is 0 Å². The molecule has 0 saturated heterocycles. The van der Waals surface area contributed by atoms with E-state index < -0.39 is 11.9 Å². The number of rotatable bonds is 4. The molecule has 1 aromatic carbocycles. The number of allylic oxidation sites excluding steroid dienone is 3. The monoisotopic (exact) mass is 385 g/mol. The Hall–Kier alpha value is -2.76. The van der Waals surface area contributed by atoms with Gasteiger partial charge in [-0.3, -0.25) is 4.79 Å². The van der Waals surface area contributed by atoms with E-state index in [9.17, 15) is 9.59 Å². The fourth-order valence-electron chi connectivity index (χ4n) is 4.18. The topological polar surface area (TPSA) is 73.9 Å². The molecule has 2 aliphatic rings. The zero-order valence-corrected chi connectivity index (χ0v) is 17.3. The Bertz CT molecular complexity index is 894. The van der Waals surface area contributed by atoms with Crippen molar-refractivity contribution >= 4 is 11.8 Å². The van der Waals surface area contributed by atoms with Gasteiger partial charge < -0.3 is 19.5 Å². The van der Waals surface area contributed by atoms with Crippen LogP contribution in [0.5, 0.6) is 11.5 Å². The van der Waals surface area contributed by atoms with E-state index in [0.29, 0.717) is 34.8 Å². The van der Waals surface area contributed by atoms with Gasteiger partial charge in [0, 0.05) is 29.3 Å². The van der Waals surface area contributed by atoms with Crippen LogP contribution in [0.1, 0.15) is 45.1 Å². The number of nitrogens with one attached hydrogen (secondary N) is 1. The molecule has 1 atom stereocenters. The third kappa shape index (κ3) is 3.39. The zero-order chi connectivity index (χ0) is 20.6. The van der Waals surface area contributed by atoms with Crippen molar-refractivity contribution in [3.05, 3.63) is 46.3 Å². The van der Waals surface area contributed by atoms with E-state index in [4.69, 9.17) is 14.2 Å². The van der Waals surface area contributed by atoms with Crippen molar-refractivity contribution in [3.8, 4) is 11.5 Å². The minimum Gasteiger partial charge on any atom is -0.493 e. The third-order valence-corrected chi connectivity index (χ3v) is 5.39. The van der Waals surface area contributed by atoms with Gasteiger partial charge in [0.25, 0.3) is 0 Å². The number of Topliss-reactive ketones (excluding diaryl/α,β-unsaturated/α-hetero) is 1. The number of esters is 1. The molecule has 1 aliphatic heterocycles. The molecule has 1 heterocycles. The SMILES string of the molecule is COC(=O)C1=C(C)NC2=C(C(=O)CC(C)(C)C2)C1c1ccc(OC)c(OC)c1. The molecule has 6 heteroatoms. The van der Waals surface area contributed by atoms with Crippen molar-refractivity contribution < 1.29 is 23.8 Å². The molecule has 1 aromatic rings. The van der Waals surface area contributed by atoms with Crippen LogP contribution in [0, 0.1) is 5.41 Å². The van der Waals surface area contributed by atoms with E-state index in [0.717, 1.165) is 17.7 Å². The standard InChI is InChI=1S/C22H27NO5/c1-12-18(21(25)28-6)19(13-7-8-16(26-4)17(9-13)27-5)20-14(23-12)10-22(2,3)11-15(20)24/h7-9,19,23H,10-11H2,1-6H3. The lowest BCUT2D eigenvalue weighted by molar-refractivity contribution is -0.136. The summed E-state index contributed by atoms with van der Waals surface area (Å²) in [6.07, 6.45) is 1.18. The predicted molar refractivity (Wildman–Crippen MR) is 105 cm³/mol. The number of carbonyl (C=O) groups excluding carboxylic acids is 2. The molecule has 0 saturated carbocycles. The van der Waals surface area contributed by atoms with E-state index in [-0.39, 0.29) is 11.2 Å². The second kappa shape index (κ2) is 7.34. The van der Waals surface area contributed by atoms with Crippen molar-refractivity contribution in [3.63, 3.8) is 0 Å². The Balaban J connectivity index is 2.22. The van der Waals surface area contributed by atoms with Crippen LogP contribution >= 0.6 is 0 Å². The molecule has 0 bridgehead atoms. The first-order chi connectivity index (χ1) is 13.2. The lowest BCUT2D eigenvalue weighted by Crippen LogP contribution is -2.38. The lowest BCUT2D eigenvalue weighted by atomic mass is 9.68. The molecular weight excluding hydrogens is 358 g/mol. The molecule has 28 heavy (non-hydrogen) atoms. The molecule has 150 valence electrons. The van der Waals surface area contributed by atoms with Gasteiger partial charge >= 0.3 is 5.97 Å². The van der Waals surface area contributed by atoms with Crippen LogP contribution in [-0.4, -0.2) is 33.1 Å². The number of benzene rings is 1. The van der Waals surface area contributed by atoms with E-state index in [1.807, 2.05) is 19.1 Å². The third-order valence-electron chi connectivity index (χ3n) is 5.39. The summed E-state index contributed by atoms with van der Waals surface area (Å²) in [5.41, 5.74) is 3.33. The summed E-state index contributed by atoms with van der Waals surface area (Å²) in [6, 6.07) is 5.48. The van der Waals surface area contributed by atoms with Gasteiger partial charge in [0.2, 0.25) is 0 Å². The first kappa shape index (κ1) is 20.0. The van der Waals surface area contributed by atoms with E-state index in [1.165, 1.54) is 7.11 Å². The Morgan fingerprint density at radius 2 is 1.79 bits per heavy atom. The normalized spacial score (nSPS) is 21.1. The number of hydrogen-bond acceptors (Lipinski definition) is 6. The maximum Gasteiger partial charge on any atom is 0.336 e. The van der Waals surface area contributed by atoms with Gasteiger partial charge in [0.05, 0.1) is 26.9 Å². The van der Waals surface area contributed by atoms with Gasteiger partial charge in [-0.2, -0.15) is 0 Å². The summed E-state index contributed by atoms with van der Waals surface area (Å²) in [7, 11) is 4.48. The number of ketones is 1. The highest BCUT2D eigenvalue weighted by atomic mass is 16.5. The summed E-state index contributed by atoms with van der Waals surface area (Å²) < 4.78 is 15.8. The number of methoxy groups -OCH3 is 3.